The van der Waals surface area contributed by atoms with Crippen LogP contribution in [0.3, 0.4) is 0 Å². The second-order valence-electron chi connectivity index (χ2n) is 7.60. The number of benzene rings is 1. The van der Waals surface area contributed by atoms with Crippen LogP contribution in [-0.2, 0) is 4.79 Å². The largest absolute Gasteiger partial charge is 0.423 e. The third-order valence-electron chi connectivity index (χ3n) is 5.86. The molecule has 2 atom stereocenters. The highest BCUT2D eigenvalue weighted by Gasteiger charge is 2.30. The van der Waals surface area contributed by atoms with Crippen LogP contribution in [0, 0.1) is 11.8 Å². The molecule has 4 rings (SSSR count). The van der Waals surface area contributed by atoms with Crippen LogP contribution in [0.1, 0.15) is 45.4 Å². The van der Waals surface area contributed by atoms with Gasteiger partial charge in [0.15, 0.2) is 5.58 Å². The fourth-order valence-electron chi connectivity index (χ4n) is 4.16. The number of piperidine rings is 1. The van der Waals surface area contributed by atoms with E-state index in [9.17, 15) is 4.79 Å². The van der Waals surface area contributed by atoms with Gasteiger partial charge < -0.3 is 14.6 Å². The van der Waals surface area contributed by atoms with Crippen molar-refractivity contribution in [1.29, 1.82) is 0 Å². The average Bonchev–Trinajstić information content (AvgIpc) is 3.08. The summed E-state index contributed by atoms with van der Waals surface area (Å²) < 4.78 is 5.85. The molecule has 2 aromatic rings. The standard InChI is InChI=1S/C20H27N3O2/c1-14-6-2-3-7-16(14)21-19(24)15-10-12-23(13-11-15)20-22-17-8-4-5-9-18(17)25-20/h4-5,8-9,14-16H,2-3,6-7,10-13H2,1H3,(H,21,24)/t14-,16-/m1/s1. The minimum absolute atomic E-state index is 0.120. The smallest absolute Gasteiger partial charge is 0.298 e. The summed E-state index contributed by atoms with van der Waals surface area (Å²) in [4.78, 5) is 19.4. The number of hydrogen-bond donors (Lipinski definition) is 1. The number of para-hydroxylation sites is 2. The monoisotopic (exact) mass is 341 g/mol. The van der Waals surface area contributed by atoms with E-state index in [-0.39, 0.29) is 11.8 Å². The van der Waals surface area contributed by atoms with Crippen LogP contribution in [0.2, 0.25) is 0 Å². The lowest BCUT2D eigenvalue weighted by molar-refractivity contribution is -0.126. The van der Waals surface area contributed by atoms with Crippen molar-refractivity contribution >= 4 is 23.0 Å². The Morgan fingerprint density at radius 3 is 2.68 bits per heavy atom. The Morgan fingerprint density at radius 1 is 1.16 bits per heavy atom. The predicted octanol–water partition coefficient (Wildman–Crippen LogP) is 3.74. The number of carbonyl (C=O) groups is 1. The molecule has 5 heteroatoms. The summed E-state index contributed by atoms with van der Waals surface area (Å²) in [6.07, 6.45) is 6.65. The lowest BCUT2D eigenvalue weighted by Gasteiger charge is -2.34. The van der Waals surface area contributed by atoms with Gasteiger partial charge in [-0.05, 0) is 43.7 Å². The summed E-state index contributed by atoms with van der Waals surface area (Å²) in [5.41, 5.74) is 1.72. The van der Waals surface area contributed by atoms with Crippen LogP contribution in [0.4, 0.5) is 6.01 Å². The maximum absolute atomic E-state index is 12.6. The van der Waals surface area contributed by atoms with Crippen LogP contribution >= 0.6 is 0 Å². The zero-order valence-corrected chi connectivity index (χ0v) is 14.9. The number of anilines is 1. The molecule has 0 radical (unpaired) electrons. The molecule has 0 spiro atoms. The number of fused-ring (bicyclic) bond motifs is 1. The molecule has 1 aliphatic carbocycles. The van der Waals surface area contributed by atoms with Crippen molar-refractivity contribution in [3.63, 3.8) is 0 Å². The zero-order chi connectivity index (χ0) is 17.2. The summed E-state index contributed by atoms with van der Waals surface area (Å²) in [5, 5.41) is 3.32. The summed E-state index contributed by atoms with van der Waals surface area (Å²) in [5.74, 6) is 0.975. The molecule has 1 saturated heterocycles. The Labute approximate surface area is 148 Å². The third-order valence-corrected chi connectivity index (χ3v) is 5.86. The van der Waals surface area contributed by atoms with E-state index < -0.39 is 0 Å². The molecule has 2 heterocycles. The van der Waals surface area contributed by atoms with Gasteiger partial charge in [-0.15, -0.1) is 0 Å². The van der Waals surface area contributed by atoms with Crippen LogP contribution < -0.4 is 10.2 Å². The molecule has 1 saturated carbocycles. The molecule has 25 heavy (non-hydrogen) atoms. The maximum Gasteiger partial charge on any atom is 0.298 e. The fourth-order valence-corrected chi connectivity index (χ4v) is 4.16. The Morgan fingerprint density at radius 2 is 1.92 bits per heavy atom. The molecular weight excluding hydrogens is 314 g/mol. The molecule has 5 nitrogen and oxygen atoms in total. The van der Waals surface area contributed by atoms with Crippen molar-refractivity contribution in [1.82, 2.24) is 10.3 Å². The van der Waals surface area contributed by atoms with Gasteiger partial charge in [0.05, 0.1) is 0 Å². The maximum atomic E-state index is 12.6. The Bertz CT molecular complexity index is 700. The highest BCUT2D eigenvalue weighted by Crippen LogP contribution is 2.28. The molecule has 1 amide bonds. The number of hydrogen-bond acceptors (Lipinski definition) is 4. The van der Waals surface area contributed by atoms with Crippen LogP contribution in [0.25, 0.3) is 11.1 Å². The predicted molar refractivity (Wildman–Crippen MR) is 98.5 cm³/mol. The second-order valence-corrected chi connectivity index (χ2v) is 7.60. The van der Waals surface area contributed by atoms with E-state index in [0.29, 0.717) is 18.0 Å². The molecule has 1 aliphatic heterocycles. The first kappa shape index (κ1) is 16.4. The molecule has 1 aromatic carbocycles. The number of nitrogens with one attached hydrogen (secondary N) is 1. The van der Waals surface area contributed by atoms with Crippen molar-refractivity contribution in [3.8, 4) is 0 Å². The number of aromatic nitrogens is 1. The molecule has 2 aliphatic rings. The molecule has 0 bridgehead atoms. The second kappa shape index (κ2) is 7.06. The molecule has 0 unspecified atom stereocenters. The van der Waals surface area contributed by atoms with E-state index >= 15 is 0 Å². The van der Waals surface area contributed by atoms with E-state index in [2.05, 4.69) is 22.1 Å². The lowest BCUT2D eigenvalue weighted by Crippen LogP contribution is -2.46. The Balaban J connectivity index is 1.33. The van der Waals surface area contributed by atoms with Crippen molar-refractivity contribution in [2.75, 3.05) is 18.0 Å². The van der Waals surface area contributed by atoms with Crippen molar-refractivity contribution in [2.24, 2.45) is 11.8 Å². The van der Waals surface area contributed by atoms with E-state index in [1.165, 1.54) is 19.3 Å². The number of amides is 1. The topological polar surface area (TPSA) is 58.4 Å². The van der Waals surface area contributed by atoms with Gasteiger partial charge in [0.2, 0.25) is 5.91 Å². The van der Waals surface area contributed by atoms with Crippen molar-refractivity contribution in [3.05, 3.63) is 24.3 Å². The summed E-state index contributed by atoms with van der Waals surface area (Å²) >= 11 is 0. The van der Waals surface area contributed by atoms with Crippen molar-refractivity contribution in [2.45, 2.75) is 51.5 Å². The van der Waals surface area contributed by atoms with Gasteiger partial charge in [-0.1, -0.05) is 31.9 Å². The molecular formula is C20H27N3O2. The van der Waals surface area contributed by atoms with E-state index in [0.717, 1.165) is 43.5 Å². The fraction of sp³-hybridized carbons (Fsp3) is 0.600. The van der Waals surface area contributed by atoms with Gasteiger partial charge in [0.25, 0.3) is 6.01 Å². The summed E-state index contributed by atoms with van der Waals surface area (Å²) in [7, 11) is 0. The van der Waals surface area contributed by atoms with Gasteiger partial charge in [0, 0.05) is 25.0 Å². The molecule has 2 fully saturated rings. The third kappa shape index (κ3) is 3.51. The Kier molecular flexibility index (Phi) is 4.64. The first-order valence-electron chi connectivity index (χ1n) is 9.61. The quantitative estimate of drug-likeness (QED) is 0.924. The first-order chi connectivity index (χ1) is 12.2. The number of rotatable bonds is 3. The van der Waals surface area contributed by atoms with Crippen molar-refractivity contribution < 1.29 is 9.21 Å². The SMILES string of the molecule is C[C@@H]1CCCC[C@H]1NC(=O)C1CCN(c2nc3ccccc3o2)CC1. The Hall–Kier alpha value is -2.04. The number of carbonyl (C=O) groups excluding carboxylic acids is 1. The van der Waals surface area contributed by atoms with Crippen LogP contribution in [0.5, 0.6) is 0 Å². The van der Waals surface area contributed by atoms with Gasteiger partial charge in [-0.2, -0.15) is 4.98 Å². The summed E-state index contributed by atoms with van der Waals surface area (Å²) in [6, 6.07) is 8.89. The van der Waals surface area contributed by atoms with E-state index in [1.807, 2.05) is 24.3 Å². The molecule has 134 valence electrons. The highest BCUT2D eigenvalue weighted by molar-refractivity contribution is 5.79. The number of oxazole rings is 1. The van der Waals surface area contributed by atoms with Crippen LogP contribution in [0.15, 0.2) is 28.7 Å². The summed E-state index contributed by atoms with van der Waals surface area (Å²) in [6.45, 7) is 3.91. The van der Waals surface area contributed by atoms with E-state index in [1.54, 1.807) is 0 Å². The lowest BCUT2D eigenvalue weighted by atomic mass is 9.85. The minimum Gasteiger partial charge on any atom is -0.423 e. The molecule has 1 N–H and O–H groups in total. The zero-order valence-electron chi connectivity index (χ0n) is 14.9. The van der Waals surface area contributed by atoms with Crippen LogP contribution in [-0.4, -0.2) is 30.0 Å². The molecule has 1 aromatic heterocycles. The van der Waals surface area contributed by atoms with E-state index in [4.69, 9.17) is 4.42 Å². The highest BCUT2D eigenvalue weighted by atomic mass is 16.4. The average molecular weight is 341 g/mol. The number of nitrogens with zero attached hydrogens (tertiary/aromatic N) is 2. The normalized spacial score (nSPS) is 25.2. The first-order valence-corrected chi connectivity index (χ1v) is 9.61. The van der Waals surface area contributed by atoms with Gasteiger partial charge in [-0.3, -0.25) is 4.79 Å². The van der Waals surface area contributed by atoms with Gasteiger partial charge in [-0.25, -0.2) is 0 Å². The van der Waals surface area contributed by atoms with Gasteiger partial charge in [0.1, 0.15) is 5.52 Å². The van der Waals surface area contributed by atoms with Gasteiger partial charge >= 0.3 is 0 Å². The minimum atomic E-state index is 0.120.